The summed E-state index contributed by atoms with van der Waals surface area (Å²) in [5.74, 6) is -1.45. The third-order valence-electron chi connectivity index (χ3n) is 7.86. The molecule has 0 saturated heterocycles. The molecular weight excluding hydrogens is 548 g/mol. The van der Waals surface area contributed by atoms with Gasteiger partial charge in [0.05, 0.1) is 17.6 Å². The summed E-state index contributed by atoms with van der Waals surface area (Å²) in [6.07, 6.45) is 7.65. The molecule has 1 unspecified atom stereocenters. The fourth-order valence-electron chi connectivity index (χ4n) is 5.77. The number of carboxylic acids is 1. The zero-order valence-corrected chi connectivity index (χ0v) is 24.5. The van der Waals surface area contributed by atoms with Crippen LogP contribution < -0.4 is 5.32 Å². The lowest BCUT2D eigenvalue weighted by molar-refractivity contribution is -0.136. The number of aliphatic carboxylic acids is 1. The van der Waals surface area contributed by atoms with Crippen LogP contribution in [0.3, 0.4) is 0 Å². The fraction of sp³-hybridized carbons (Fsp3) is 0.286. The number of carbonyl (C=O) groups excluding carboxylic acids is 2. The molecule has 0 spiro atoms. The summed E-state index contributed by atoms with van der Waals surface area (Å²) in [5.41, 5.74) is 6.49. The van der Waals surface area contributed by atoms with Crippen LogP contribution >= 0.6 is 11.6 Å². The van der Waals surface area contributed by atoms with E-state index in [-0.39, 0.29) is 30.6 Å². The predicted molar refractivity (Wildman–Crippen MR) is 168 cm³/mol. The van der Waals surface area contributed by atoms with Gasteiger partial charge in [-0.25, -0.2) is 0 Å². The summed E-state index contributed by atoms with van der Waals surface area (Å²) in [4.78, 5) is 37.4. The number of fused-ring (bicyclic) bond motifs is 1. The zero-order chi connectivity index (χ0) is 29.6. The SMILES string of the molecule is CCCC(Cc1ccc(C(=O)NCCC(=O)O)cc1)C(=O)c1cc2cc(Cl)ccc2n1-c1cccc(C2=CCCC2)c1. The number of carbonyl (C=O) groups is 3. The summed E-state index contributed by atoms with van der Waals surface area (Å²) < 4.78 is 2.07. The van der Waals surface area contributed by atoms with E-state index in [1.165, 1.54) is 17.6 Å². The maximum absolute atomic E-state index is 14.3. The standard InChI is InChI=1S/C35H35ClN2O4/c1-2-6-27(19-23-11-13-25(14-12-23)35(42)37-18-17-33(39)40)34(41)32-22-28-20-29(36)15-16-31(28)38(32)30-10-5-9-26(21-30)24-7-3-4-8-24/h5,7,9-16,20-22,27H,2-4,6,8,17-19H2,1H3,(H,37,42)(H,39,40). The van der Waals surface area contributed by atoms with Gasteiger partial charge in [0.1, 0.15) is 0 Å². The molecule has 1 aliphatic rings. The van der Waals surface area contributed by atoms with E-state index in [0.717, 1.165) is 47.8 Å². The van der Waals surface area contributed by atoms with Gasteiger partial charge >= 0.3 is 5.97 Å². The van der Waals surface area contributed by atoms with Crippen LogP contribution in [0.15, 0.2) is 78.9 Å². The summed E-state index contributed by atoms with van der Waals surface area (Å²) in [7, 11) is 0. The number of nitrogens with one attached hydrogen (secondary N) is 1. The van der Waals surface area contributed by atoms with Gasteiger partial charge < -0.3 is 15.0 Å². The van der Waals surface area contributed by atoms with Crippen molar-refractivity contribution in [3.63, 3.8) is 0 Å². The molecule has 0 saturated carbocycles. The monoisotopic (exact) mass is 582 g/mol. The Morgan fingerprint density at radius 2 is 1.83 bits per heavy atom. The molecule has 1 heterocycles. The number of halogens is 1. The Kier molecular flexibility index (Phi) is 9.23. The number of hydrogen-bond donors (Lipinski definition) is 2. The van der Waals surface area contributed by atoms with E-state index in [1.807, 2.05) is 36.4 Å². The number of hydrogen-bond acceptors (Lipinski definition) is 3. The predicted octanol–water partition coefficient (Wildman–Crippen LogP) is 7.90. The van der Waals surface area contributed by atoms with Gasteiger partial charge in [-0.3, -0.25) is 14.4 Å². The molecule has 5 rings (SSSR count). The second kappa shape index (κ2) is 13.2. The van der Waals surface area contributed by atoms with Crippen LogP contribution in [0.5, 0.6) is 0 Å². The largest absolute Gasteiger partial charge is 0.481 e. The molecule has 2 N–H and O–H groups in total. The van der Waals surface area contributed by atoms with Crippen molar-refractivity contribution >= 4 is 45.7 Å². The van der Waals surface area contributed by atoms with Gasteiger partial charge in [-0.2, -0.15) is 0 Å². The molecular formula is C35H35ClN2O4. The summed E-state index contributed by atoms with van der Waals surface area (Å²) in [5, 5.41) is 13.0. The maximum Gasteiger partial charge on any atom is 0.305 e. The number of allylic oxidation sites excluding steroid dienone is 2. The molecule has 0 aliphatic heterocycles. The Labute approximate surface area is 251 Å². The summed E-state index contributed by atoms with van der Waals surface area (Å²) >= 11 is 6.36. The normalized spacial score (nSPS) is 13.6. The Hall–Kier alpha value is -4.16. The topological polar surface area (TPSA) is 88.4 Å². The van der Waals surface area contributed by atoms with Crippen molar-refractivity contribution in [2.45, 2.75) is 51.9 Å². The highest BCUT2D eigenvalue weighted by Crippen LogP contribution is 2.33. The first kappa shape index (κ1) is 29.3. The van der Waals surface area contributed by atoms with Crippen molar-refractivity contribution in [2.24, 2.45) is 5.92 Å². The van der Waals surface area contributed by atoms with Crippen LogP contribution in [0.2, 0.25) is 5.02 Å². The van der Waals surface area contributed by atoms with Crippen LogP contribution in [-0.2, 0) is 11.2 Å². The molecule has 0 bridgehead atoms. The second-order valence-corrected chi connectivity index (χ2v) is 11.3. The van der Waals surface area contributed by atoms with E-state index in [9.17, 15) is 14.4 Å². The van der Waals surface area contributed by atoms with E-state index in [1.54, 1.807) is 12.1 Å². The Morgan fingerprint density at radius 3 is 2.55 bits per heavy atom. The van der Waals surface area contributed by atoms with E-state index in [4.69, 9.17) is 16.7 Å². The van der Waals surface area contributed by atoms with Crippen molar-refractivity contribution in [1.82, 2.24) is 9.88 Å². The number of nitrogens with zero attached hydrogens (tertiary/aromatic N) is 1. The van der Waals surface area contributed by atoms with Gasteiger partial charge in [0.2, 0.25) is 0 Å². The lowest BCUT2D eigenvalue weighted by Gasteiger charge is -2.18. The zero-order valence-electron chi connectivity index (χ0n) is 23.7. The number of carboxylic acid groups (broad SMARTS) is 1. The number of Topliss-reactive ketones (excluding diaryl/α,β-unsaturated/α-hetero) is 1. The summed E-state index contributed by atoms with van der Waals surface area (Å²) in [6.45, 7) is 2.15. The Bertz CT molecular complexity index is 1650. The molecule has 1 aliphatic carbocycles. The molecule has 6 nitrogen and oxygen atoms in total. The number of aromatic nitrogens is 1. The number of rotatable bonds is 12. The Balaban J connectivity index is 1.44. The molecule has 216 valence electrons. The highest BCUT2D eigenvalue weighted by Gasteiger charge is 2.25. The van der Waals surface area contributed by atoms with Crippen molar-refractivity contribution in [1.29, 1.82) is 0 Å². The van der Waals surface area contributed by atoms with Gasteiger partial charge in [-0.1, -0.05) is 55.3 Å². The van der Waals surface area contributed by atoms with Crippen LogP contribution in [0.4, 0.5) is 0 Å². The first-order valence-corrected chi connectivity index (χ1v) is 15.0. The third-order valence-corrected chi connectivity index (χ3v) is 8.10. The van der Waals surface area contributed by atoms with Crippen LogP contribution in [0.1, 0.15) is 77.4 Å². The minimum absolute atomic E-state index is 0.0721. The van der Waals surface area contributed by atoms with E-state index >= 15 is 0 Å². The lowest BCUT2D eigenvalue weighted by atomic mass is 9.89. The third kappa shape index (κ3) is 6.66. The molecule has 42 heavy (non-hydrogen) atoms. The van der Waals surface area contributed by atoms with Gasteiger partial charge in [0.25, 0.3) is 5.91 Å². The average Bonchev–Trinajstić information content (AvgIpc) is 3.65. The minimum atomic E-state index is -0.960. The number of ketones is 1. The van der Waals surface area contributed by atoms with E-state index in [0.29, 0.717) is 22.7 Å². The molecule has 0 fully saturated rings. The molecule has 3 aromatic carbocycles. The molecule has 1 atom stereocenters. The summed E-state index contributed by atoms with van der Waals surface area (Å²) in [6, 6.07) is 23.3. The van der Waals surface area contributed by atoms with Crippen LogP contribution in [0, 0.1) is 5.92 Å². The lowest BCUT2D eigenvalue weighted by Crippen LogP contribution is -2.26. The quantitative estimate of drug-likeness (QED) is 0.166. The van der Waals surface area contributed by atoms with Gasteiger partial charge in [-0.15, -0.1) is 0 Å². The second-order valence-electron chi connectivity index (χ2n) is 10.9. The van der Waals surface area contributed by atoms with Gasteiger partial charge in [-0.05, 0) is 97.3 Å². The smallest absolute Gasteiger partial charge is 0.305 e. The molecule has 4 aromatic rings. The van der Waals surface area contributed by atoms with E-state index < -0.39 is 5.97 Å². The van der Waals surface area contributed by atoms with Crippen molar-refractivity contribution in [2.75, 3.05) is 6.54 Å². The van der Waals surface area contributed by atoms with Gasteiger partial charge in [0.15, 0.2) is 5.78 Å². The Morgan fingerprint density at radius 1 is 1.02 bits per heavy atom. The van der Waals surface area contributed by atoms with Gasteiger partial charge in [0, 0.05) is 34.1 Å². The van der Waals surface area contributed by atoms with E-state index in [2.05, 4.69) is 47.1 Å². The highest BCUT2D eigenvalue weighted by molar-refractivity contribution is 6.31. The van der Waals surface area contributed by atoms with Crippen molar-refractivity contribution in [3.05, 3.63) is 106 Å². The highest BCUT2D eigenvalue weighted by atomic mass is 35.5. The minimum Gasteiger partial charge on any atom is -0.481 e. The fourth-order valence-corrected chi connectivity index (χ4v) is 5.95. The molecule has 7 heteroatoms. The first-order chi connectivity index (χ1) is 20.3. The van der Waals surface area contributed by atoms with Crippen LogP contribution in [0.25, 0.3) is 22.2 Å². The van der Waals surface area contributed by atoms with Crippen molar-refractivity contribution in [3.8, 4) is 5.69 Å². The van der Waals surface area contributed by atoms with Crippen LogP contribution in [-0.4, -0.2) is 33.9 Å². The average molecular weight is 583 g/mol. The maximum atomic E-state index is 14.3. The molecule has 0 radical (unpaired) electrons. The molecule has 1 amide bonds. The van der Waals surface area contributed by atoms with Crippen molar-refractivity contribution < 1.29 is 19.5 Å². The molecule has 1 aromatic heterocycles. The first-order valence-electron chi connectivity index (χ1n) is 14.6. The number of amides is 1. The number of benzene rings is 3.